The second-order valence-corrected chi connectivity index (χ2v) is 11.8. The lowest BCUT2D eigenvalue weighted by Gasteiger charge is -2.24. The van der Waals surface area contributed by atoms with E-state index in [-0.39, 0.29) is 12.2 Å². The Bertz CT molecular complexity index is 2000. The van der Waals surface area contributed by atoms with Crippen LogP contribution in [0.4, 0.5) is 0 Å². The maximum Gasteiger partial charge on any atom is 0.338 e. The Balaban J connectivity index is 1.31. The Labute approximate surface area is 255 Å². The van der Waals surface area contributed by atoms with E-state index >= 15 is 0 Å². The molecule has 2 heterocycles. The molecule has 0 amide bonds. The topological polar surface area (TPSA) is 69.9 Å². The molecule has 0 N–H and O–H groups in total. The molecule has 0 unspecified atom stereocenters. The van der Waals surface area contributed by atoms with Crippen LogP contribution in [0.25, 0.3) is 16.8 Å². The molecule has 0 saturated heterocycles. The predicted octanol–water partition coefficient (Wildman–Crippen LogP) is 6.29. The summed E-state index contributed by atoms with van der Waals surface area (Å²) in [4.78, 5) is 32.0. The lowest BCUT2D eigenvalue weighted by molar-refractivity contribution is -0.139. The van der Waals surface area contributed by atoms with Gasteiger partial charge in [-0.2, -0.15) is 0 Å². The van der Waals surface area contributed by atoms with Gasteiger partial charge in [-0.05, 0) is 71.7 Å². The summed E-state index contributed by atoms with van der Waals surface area (Å²) < 4.78 is 14.5. The van der Waals surface area contributed by atoms with Crippen molar-refractivity contribution < 1.29 is 14.3 Å². The van der Waals surface area contributed by atoms with Crippen molar-refractivity contribution in [3.8, 4) is 5.75 Å². The molecule has 42 heavy (non-hydrogen) atoms. The quantitative estimate of drug-likeness (QED) is 0.196. The smallest absolute Gasteiger partial charge is 0.338 e. The van der Waals surface area contributed by atoms with Crippen molar-refractivity contribution in [2.24, 2.45) is 4.99 Å². The molecule has 1 atom stereocenters. The minimum absolute atomic E-state index is 0.211. The zero-order valence-corrected chi connectivity index (χ0v) is 25.4. The second kappa shape index (κ2) is 11.9. The Morgan fingerprint density at radius 2 is 1.74 bits per heavy atom. The Kier molecular flexibility index (Phi) is 7.91. The normalized spacial score (nSPS) is 14.9. The SMILES string of the molecule is CCOC(=O)C1=C(C)N=c2s/c(=C\c3ccc(OCc4cccc5ccccc45)cc3)c(=O)n2[C@H]1c1ccc(Br)cc1. The fourth-order valence-electron chi connectivity index (χ4n) is 5.14. The van der Waals surface area contributed by atoms with Gasteiger partial charge in [0.2, 0.25) is 0 Å². The summed E-state index contributed by atoms with van der Waals surface area (Å²) in [7, 11) is 0. The van der Waals surface area contributed by atoms with Crippen LogP contribution in [-0.4, -0.2) is 17.1 Å². The molecule has 210 valence electrons. The van der Waals surface area contributed by atoms with E-state index in [1.54, 1.807) is 18.4 Å². The van der Waals surface area contributed by atoms with Gasteiger partial charge >= 0.3 is 5.97 Å². The zero-order chi connectivity index (χ0) is 29.2. The molecule has 5 aromatic rings. The minimum Gasteiger partial charge on any atom is -0.489 e. The molecular weight excluding hydrogens is 612 g/mol. The van der Waals surface area contributed by atoms with Crippen LogP contribution in [0.2, 0.25) is 0 Å². The van der Waals surface area contributed by atoms with Gasteiger partial charge in [-0.25, -0.2) is 9.79 Å². The molecule has 0 radical (unpaired) electrons. The molecule has 4 aromatic carbocycles. The summed E-state index contributed by atoms with van der Waals surface area (Å²) in [5, 5.41) is 2.36. The van der Waals surface area contributed by atoms with E-state index in [2.05, 4.69) is 45.2 Å². The van der Waals surface area contributed by atoms with E-state index in [4.69, 9.17) is 9.47 Å². The van der Waals surface area contributed by atoms with Gasteiger partial charge in [0.1, 0.15) is 12.4 Å². The first kappa shape index (κ1) is 27.9. The number of carbonyl (C=O) groups excluding carboxylic acids is 1. The van der Waals surface area contributed by atoms with Gasteiger partial charge in [0, 0.05) is 4.47 Å². The van der Waals surface area contributed by atoms with Crippen molar-refractivity contribution >= 4 is 50.1 Å². The molecule has 6 rings (SSSR count). The number of rotatable bonds is 7. The molecule has 1 aliphatic rings. The summed E-state index contributed by atoms with van der Waals surface area (Å²) in [5.41, 5.74) is 3.48. The third kappa shape index (κ3) is 5.47. The summed E-state index contributed by atoms with van der Waals surface area (Å²) in [6.45, 7) is 4.23. The summed E-state index contributed by atoms with van der Waals surface area (Å²) in [6.07, 6.45) is 1.85. The number of nitrogens with zero attached hydrogens (tertiary/aromatic N) is 2. The van der Waals surface area contributed by atoms with E-state index in [0.29, 0.717) is 27.2 Å². The molecule has 0 fully saturated rings. The van der Waals surface area contributed by atoms with E-state index in [1.807, 2.05) is 72.8 Å². The van der Waals surface area contributed by atoms with Gasteiger partial charge in [0.05, 0.1) is 28.5 Å². The maximum atomic E-state index is 13.8. The van der Waals surface area contributed by atoms with Crippen LogP contribution in [0.5, 0.6) is 5.75 Å². The first-order valence-electron chi connectivity index (χ1n) is 13.6. The number of aromatic nitrogens is 1. The van der Waals surface area contributed by atoms with Crippen molar-refractivity contribution in [3.63, 3.8) is 0 Å². The van der Waals surface area contributed by atoms with Crippen LogP contribution >= 0.6 is 27.3 Å². The third-order valence-electron chi connectivity index (χ3n) is 7.15. The summed E-state index contributed by atoms with van der Waals surface area (Å²) >= 11 is 4.77. The standard InChI is InChI=1S/C34H27BrN2O4S/c1-3-40-33(39)30-21(2)36-34-37(31(30)24-13-15-26(35)16-14-24)32(38)29(42-34)19-22-11-17-27(18-12-22)41-20-25-9-6-8-23-7-4-5-10-28(23)25/h4-19,31H,3,20H2,1-2H3/b29-19-/t31-/m0/s1. The number of hydrogen-bond acceptors (Lipinski definition) is 6. The van der Waals surface area contributed by atoms with Crippen molar-refractivity contribution in [2.45, 2.75) is 26.5 Å². The van der Waals surface area contributed by atoms with E-state index in [0.717, 1.165) is 26.9 Å². The largest absolute Gasteiger partial charge is 0.489 e. The van der Waals surface area contributed by atoms with Crippen molar-refractivity contribution in [3.05, 3.63) is 143 Å². The molecule has 0 bridgehead atoms. The number of benzene rings is 4. The second-order valence-electron chi connectivity index (χ2n) is 9.85. The Morgan fingerprint density at radius 1 is 1.00 bits per heavy atom. The highest BCUT2D eigenvalue weighted by atomic mass is 79.9. The fourth-order valence-corrected chi connectivity index (χ4v) is 6.45. The van der Waals surface area contributed by atoms with Crippen LogP contribution in [0.3, 0.4) is 0 Å². The van der Waals surface area contributed by atoms with Gasteiger partial charge in [0.25, 0.3) is 5.56 Å². The molecule has 1 aromatic heterocycles. The molecule has 1 aliphatic heterocycles. The van der Waals surface area contributed by atoms with Crippen molar-refractivity contribution in [1.29, 1.82) is 0 Å². The van der Waals surface area contributed by atoms with E-state index < -0.39 is 12.0 Å². The van der Waals surface area contributed by atoms with Gasteiger partial charge in [-0.3, -0.25) is 9.36 Å². The number of halogens is 1. The minimum atomic E-state index is -0.639. The molecule has 8 heteroatoms. The van der Waals surface area contributed by atoms with Crippen molar-refractivity contribution in [2.75, 3.05) is 6.61 Å². The number of fused-ring (bicyclic) bond motifs is 2. The highest BCUT2D eigenvalue weighted by Gasteiger charge is 2.33. The average molecular weight is 640 g/mol. The molecule has 0 saturated carbocycles. The number of hydrogen-bond donors (Lipinski definition) is 0. The van der Waals surface area contributed by atoms with Crippen molar-refractivity contribution in [1.82, 2.24) is 4.57 Å². The molecule has 6 nitrogen and oxygen atoms in total. The number of carbonyl (C=O) groups is 1. The number of esters is 1. The average Bonchev–Trinajstić information content (AvgIpc) is 3.30. The summed E-state index contributed by atoms with van der Waals surface area (Å²) in [6, 6.07) is 29.1. The first-order valence-corrected chi connectivity index (χ1v) is 15.2. The lowest BCUT2D eigenvalue weighted by atomic mass is 9.96. The van der Waals surface area contributed by atoms with Gasteiger partial charge in [0.15, 0.2) is 4.80 Å². The van der Waals surface area contributed by atoms with Gasteiger partial charge < -0.3 is 9.47 Å². The van der Waals surface area contributed by atoms with Gasteiger partial charge in [-0.1, -0.05) is 94.0 Å². The highest BCUT2D eigenvalue weighted by molar-refractivity contribution is 9.10. The number of allylic oxidation sites excluding steroid dienone is 1. The number of thiazole rings is 1. The van der Waals surface area contributed by atoms with Crippen LogP contribution < -0.4 is 19.6 Å². The Morgan fingerprint density at radius 3 is 2.50 bits per heavy atom. The monoisotopic (exact) mass is 638 g/mol. The van der Waals surface area contributed by atoms with Crippen LogP contribution in [-0.2, 0) is 16.1 Å². The lowest BCUT2D eigenvalue weighted by Crippen LogP contribution is -2.39. The maximum absolute atomic E-state index is 13.8. The van der Waals surface area contributed by atoms with Gasteiger partial charge in [-0.15, -0.1) is 0 Å². The molecular formula is C34H27BrN2O4S. The molecule has 0 aliphatic carbocycles. The summed E-state index contributed by atoms with van der Waals surface area (Å²) in [5.74, 6) is 0.270. The van der Waals surface area contributed by atoms with Crippen LogP contribution in [0.1, 0.15) is 36.6 Å². The Hall–Kier alpha value is -4.27. The third-order valence-corrected chi connectivity index (χ3v) is 8.67. The predicted molar refractivity (Wildman–Crippen MR) is 169 cm³/mol. The van der Waals surface area contributed by atoms with Crippen LogP contribution in [0, 0.1) is 0 Å². The fraction of sp³-hybridized carbons (Fsp3) is 0.147. The van der Waals surface area contributed by atoms with E-state index in [1.165, 1.54) is 22.1 Å². The van der Waals surface area contributed by atoms with Crippen LogP contribution in [0.15, 0.2) is 117 Å². The highest BCUT2D eigenvalue weighted by Crippen LogP contribution is 2.31. The molecule has 0 spiro atoms. The number of ether oxygens (including phenoxy) is 2. The zero-order valence-electron chi connectivity index (χ0n) is 23.0. The first-order chi connectivity index (χ1) is 20.4. The van der Waals surface area contributed by atoms with E-state index in [9.17, 15) is 9.59 Å².